The summed E-state index contributed by atoms with van der Waals surface area (Å²) in [5, 5.41) is 0. The van der Waals surface area contributed by atoms with Crippen molar-refractivity contribution < 1.29 is 4.39 Å². The third-order valence-corrected chi connectivity index (χ3v) is 4.46. The fourth-order valence-corrected chi connectivity index (χ4v) is 3.48. The Morgan fingerprint density at radius 1 is 1.38 bits per heavy atom. The Labute approximate surface area is 127 Å². The van der Waals surface area contributed by atoms with E-state index in [1.165, 1.54) is 6.07 Å². The highest BCUT2D eigenvalue weighted by molar-refractivity contribution is 5.22. The van der Waals surface area contributed by atoms with Crippen LogP contribution in [0, 0.1) is 5.82 Å². The lowest BCUT2D eigenvalue weighted by Crippen LogP contribution is -2.47. The average molecular weight is 293 g/mol. The molecule has 3 unspecified atom stereocenters. The first-order valence-electron chi connectivity index (χ1n) is 7.98. The van der Waals surface area contributed by atoms with Crippen LogP contribution in [0.3, 0.4) is 0 Å². The minimum Gasteiger partial charge on any atom is -0.326 e. The van der Waals surface area contributed by atoms with Crippen molar-refractivity contribution >= 4 is 0 Å². The van der Waals surface area contributed by atoms with Gasteiger partial charge in [-0.3, -0.25) is 4.90 Å². The molecular formula is C17H28FN3. The van der Waals surface area contributed by atoms with Crippen molar-refractivity contribution in [1.29, 1.82) is 0 Å². The lowest BCUT2D eigenvalue weighted by atomic mass is 9.96. The molecule has 1 aliphatic heterocycles. The molecule has 1 fully saturated rings. The van der Waals surface area contributed by atoms with E-state index in [4.69, 9.17) is 5.73 Å². The molecule has 0 bridgehead atoms. The zero-order valence-corrected chi connectivity index (χ0v) is 13.4. The highest BCUT2D eigenvalue weighted by atomic mass is 19.1. The average Bonchev–Trinajstić information content (AvgIpc) is 2.61. The lowest BCUT2D eigenvalue weighted by molar-refractivity contribution is 0.113. The minimum absolute atomic E-state index is 0.0238. The van der Waals surface area contributed by atoms with Gasteiger partial charge in [-0.05, 0) is 51.1 Å². The number of hydrogen-bond donors (Lipinski definition) is 1. The molecule has 4 heteroatoms. The Balaban J connectivity index is 2.31. The lowest BCUT2D eigenvalue weighted by Gasteiger charge is -2.39. The van der Waals surface area contributed by atoms with Crippen molar-refractivity contribution in [2.24, 2.45) is 5.73 Å². The number of benzene rings is 1. The molecule has 0 amide bonds. The molecule has 1 aromatic carbocycles. The zero-order valence-electron chi connectivity index (χ0n) is 13.4. The Morgan fingerprint density at radius 2 is 2.14 bits per heavy atom. The molecule has 21 heavy (non-hydrogen) atoms. The van der Waals surface area contributed by atoms with E-state index in [1.807, 2.05) is 13.0 Å². The fourth-order valence-electron chi connectivity index (χ4n) is 3.48. The molecule has 2 rings (SSSR count). The van der Waals surface area contributed by atoms with Gasteiger partial charge in [0.2, 0.25) is 0 Å². The van der Waals surface area contributed by atoms with E-state index in [0.717, 1.165) is 38.0 Å². The molecule has 1 heterocycles. The van der Waals surface area contributed by atoms with Crippen molar-refractivity contribution in [2.75, 3.05) is 26.7 Å². The van der Waals surface area contributed by atoms with E-state index in [1.54, 1.807) is 12.1 Å². The van der Waals surface area contributed by atoms with Crippen LogP contribution in [0.2, 0.25) is 0 Å². The zero-order chi connectivity index (χ0) is 15.4. The first-order valence-corrected chi connectivity index (χ1v) is 7.98. The number of nitrogens with zero attached hydrogens (tertiary/aromatic N) is 2. The normalized spacial score (nSPS) is 24.5. The van der Waals surface area contributed by atoms with Crippen LogP contribution in [-0.4, -0.2) is 48.6 Å². The quantitative estimate of drug-likeness (QED) is 0.926. The van der Waals surface area contributed by atoms with E-state index in [2.05, 4.69) is 23.8 Å². The molecule has 3 nitrogen and oxygen atoms in total. The van der Waals surface area contributed by atoms with Crippen molar-refractivity contribution in [3.8, 4) is 0 Å². The number of rotatable bonds is 4. The van der Waals surface area contributed by atoms with Gasteiger partial charge in [0.15, 0.2) is 0 Å². The number of hydrogen-bond acceptors (Lipinski definition) is 3. The van der Waals surface area contributed by atoms with Crippen LogP contribution in [0.25, 0.3) is 0 Å². The fraction of sp³-hybridized carbons (Fsp3) is 0.647. The SMILES string of the molecule is CCC1CN(C)CCCN1C(c1cccc(F)c1)C(C)N. The second-order valence-corrected chi connectivity index (χ2v) is 6.27. The monoisotopic (exact) mass is 293 g/mol. The molecule has 1 aliphatic rings. The van der Waals surface area contributed by atoms with Crippen molar-refractivity contribution in [3.05, 3.63) is 35.6 Å². The third-order valence-electron chi connectivity index (χ3n) is 4.46. The van der Waals surface area contributed by atoms with E-state index >= 15 is 0 Å². The first-order chi connectivity index (χ1) is 10.0. The van der Waals surface area contributed by atoms with E-state index < -0.39 is 0 Å². The van der Waals surface area contributed by atoms with Crippen LogP contribution in [0.1, 0.15) is 38.3 Å². The van der Waals surface area contributed by atoms with Crippen LogP contribution in [0.15, 0.2) is 24.3 Å². The largest absolute Gasteiger partial charge is 0.326 e. The van der Waals surface area contributed by atoms with Gasteiger partial charge in [0.05, 0.1) is 6.04 Å². The number of halogens is 1. The summed E-state index contributed by atoms with van der Waals surface area (Å²) < 4.78 is 13.6. The Morgan fingerprint density at radius 3 is 2.76 bits per heavy atom. The van der Waals surface area contributed by atoms with Gasteiger partial charge in [0, 0.05) is 25.2 Å². The van der Waals surface area contributed by atoms with Crippen LogP contribution < -0.4 is 5.73 Å². The number of likely N-dealkylation sites (N-methyl/N-ethyl adjacent to an activating group) is 1. The van der Waals surface area contributed by atoms with Gasteiger partial charge in [-0.15, -0.1) is 0 Å². The van der Waals surface area contributed by atoms with Gasteiger partial charge in [-0.2, -0.15) is 0 Å². The van der Waals surface area contributed by atoms with Crippen LogP contribution in [0.4, 0.5) is 4.39 Å². The molecule has 1 aromatic rings. The van der Waals surface area contributed by atoms with Crippen LogP contribution >= 0.6 is 0 Å². The predicted octanol–water partition coefficient (Wildman–Crippen LogP) is 2.63. The third kappa shape index (κ3) is 4.02. The summed E-state index contributed by atoms with van der Waals surface area (Å²) in [4.78, 5) is 4.88. The second kappa shape index (κ2) is 7.34. The van der Waals surface area contributed by atoms with Crippen LogP contribution in [0.5, 0.6) is 0 Å². The maximum atomic E-state index is 13.6. The molecular weight excluding hydrogens is 265 g/mol. The Kier molecular flexibility index (Phi) is 5.73. The summed E-state index contributed by atoms with van der Waals surface area (Å²) in [6, 6.07) is 7.44. The molecule has 0 spiro atoms. The number of nitrogens with two attached hydrogens (primary N) is 1. The van der Waals surface area contributed by atoms with Gasteiger partial charge < -0.3 is 10.6 Å². The summed E-state index contributed by atoms with van der Waals surface area (Å²) in [5.41, 5.74) is 7.27. The molecule has 118 valence electrons. The van der Waals surface area contributed by atoms with Crippen molar-refractivity contribution in [2.45, 2.75) is 44.8 Å². The van der Waals surface area contributed by atoms with Gasteiger partial charge >= 0.3 is 0 Å². The molecule has 0 saturated carbocycles. The van der Waals surface area contributed by atoms with E-state index in [0.29, 0.717) is 6.04 Å². The summed E-state index contributed by atoms with van der Waals surface area (Å²) in [6.07, 6.45) is 2.22. The first kappa shape index (κ1) is 16.4. The topological polar surface area (TPSA) is 32.5 Å². The highest BCUT2D eigenvalue weighted by Gasteiger charge is 2.31. The van der Waals surface area contributed by atoms with Crippen LogP contribution in [-0.2, 0) is 0 Å². The summed E-state index contributed by atoms with van der Waals surface area (Å²) >= 11 is 0. The smallest absolute Gasteiger partial charge is 0.123 e. The Hall–Kier alpha value is -0.970. The second-order valence-electron chi connectivity index (χ2n) is 6.27. The maximum Gasteiger partial charge on any atom is 0.123 e. The van der Waals surface area contributed by atoms with Gasteiger partial charge in [-0.1, -0.05) is 19.1 Å². The van der Waals surface area contributed by atoms with Crippen molar-refractivity contribution in [3.63, 3.8) is 0 Å². The van der Waals surface area contributed by atoms with Crippen molar-refractivity contribution in [1.82, 2.24) is 9.80 Å². The molecule has 1 saturated heterocycles. The van der Waals surface area contributed by atoms with Gasteiger partial charge in [0.1, 0.15) is 5.82 Å². The molecule has 2 N–H and O–H groups in total. The summed E-state index contributed by atoms with van der Waals surface area (Å²) in [6.45, 7) is 7.43. The maximum absolute atomic E-state index is 13.6. The standard InChI is InChI=1S/C17H28FN3/c1-4-16-12-20(3)9-6-10-21(16)17(13(2)19)14-7-5-8-15(18)11-14/h5,7-8,11,13,16-17H,4,6,9-10,12,19H2,1-3H3. The Bertz CT molecular complexity index is 449. The summed E-state index contributed by atoms with van der Waals surface area (Å²) in [7, 11) is 2.18. The highest BCUT2D eigenvalue weighted by Crippen LogP contribution is 2.29. The van der Waals surface area contributed by atoms with E-state index in [-0.39, 0.29) is 17.9 Å². The van der Waals surface area contributed by atoms with Gasteiger partial charge in [0.25, 0.3) is 0 Å². The van der Waals surface area contributed by atoms with E-state index in [9.17, 15) is 4.39 Å². The predicted molar refractivity (Wildman–Crippen MR) is 85.7 cm³/mol. The molecule has 3 atom stereocenters. The minimum atomic E-state index is -0.182. The molecule has 0 aromatic heterocycles. The molecule has 0 aliphatic carbocycles. The molecule has 0 radical (unpaired) electrons. The summed E-state index contributed by atoms with van der Waals surface area (Å²) in [5.74, 6) is -0.182. The van der Waals surface area contributed by atoms with Gasteiger partial charge in [-0.25, -0.2) is 4.39 Å².